The van der Waals surface area contributed by atoms with Crippen LogP contribution in [0.15, 0.2) is 30.7 Å². The molecule has 25 heavy (non-hydrogen) atoms. The number of ether oxygens (including phenoxy) is 1. The molecule has 0 saturated carbocycles. The molecule has 1 aliphatic heterocycles. The van der Waals surface area contributed by atoms with Crippen LogP contribution in [0.5, 0.6) is 5.75 Å². The molecule has 1 aliphatic rings. The van der Waals surface area contributed by atoms with E-state index < -0.39 is 0 Å². The summed E-state index contributed by atoms with van der Waals surface area (Å²) < 4.78 is 6.11. The zero-order chi connectivity index (χ0) is 17.8. The smallest absolute Gasteiger partial charge is 0.257 e. The minimum Gasteiger partial charge on any atom is -0.490 e. The average molecular weight is 339 g/mol. The molecule has 0 atom stereocenters. The third kappa shape index (κ3) is 3.98. The van der Waals surface area contributed by atoms with Crippen molar-refractivity contribution in [2.45, 2.75) is 46.1 Å². The van der Waals surface area contributed by atoms with E-state index in [0.29, 0.717) is 18.7 Å². The Balaban J connectivity index is 1.59. The summed E-state index contributed by atoms with van der Waals surface area (Å²) in [6.45, 7) is 7.60. The molecular weight excluding hydrogens is 314 g/mol. The molecule has 0 unspecified atom stereocenters. The number of hydrogen-bond acceptors (Lipinski definition) is 4. The summed E-state index contributed by atoms with van der Waals surface area (Å²) in [4.78, 5) is 22.8. The Hall–Kier alpha value is -2.43. The van der Waals surface area contributed by atoms with E-state index in [2.05, 4.69) is 35.9 Å². The first-order valence-corrected chi connectivity index (χ1v) is 8.90. The van der Waals surface area contributed by atoms with E-state index in [0.717, 1.165) is 30.7 Å². The minimum absolute atomic E-state index is 0.0297. The summed E-state index contributed by atoms with van der Waals surface area (Å²) in [7, 11) is 0. The van der Waals surface area contributed by atoms with Crippen LogP contribution in [0.2, 0.25) is 0 Å². The van der Waals surface area contributed by atoms with Gasteiger partial charge in [-0.1, -0.05) is 13.0 Å². The monoisotopic (exact) mass is 339 g/mol. The maximum absolute atomic E-state index is 12.7. The number of rotatable bonds is 4. The largest absolute Gasteiger partial charge is 0.490 e. The second-order valence-electron chi connectivity index (χ2n) is 6.59. The molecule has 1 amide bonds. The number of aromatic nitrogens is 2. The van der Waals surface area contributed by atoms with Crippen LogP contribution < -0.4 is 4.74 Å². The van der Waals surface area contributed by atoms with E-state index >= 15 is 0 Å². The SMILES string of the molecule is CCc1ncncc1C(=O)N1CCC(Oc2ccc(C)c(C)c2)CC1. The standard InChI is InChI=1S/C20H25N3O2/c1-4-19-18(12-21-13-22-19)20(24)23-9-7-16(8-10-23)25-17-6-5-14(2)15(3)11-17/h5-6,11-13,16H,4,7-10H2,1-3H3. The summed E-state index contributed by atoms with van der Waals surface area (Å²) in [6.07, 6.45) is 5.70. The fraction of sp³-hybridized carbons (Fsp3) is 0.450. The average Bonchev–Trinajstić information content (AvgIpc) is 2.65. The summed E-state index contributed by atoms with van der Waals surface area (Å²) in [5.41, 5.74) is 3.94. The molecule has 0 aliphatic carbocycles. The van der Waals surface area contributed by atoms with Crippen molar-refractivity contribution in [3.8, 4) is 5.75 Å². The third-order valence-electron chi connectivity index (χ3n) is 4.87. The minimum atomic E-state index is 0.0297. The molecule has 2 heterocycles. The van der Waals surface area contributed by atoms with Crippen molar-refractivity contribution in [1.29, 1.82) is 0 Å². The van der Waals surface area contributed by atoms with Crippen molar-refractivity contribution in [2.24, 2.45) is 0 Å². The lowest BCUT2D eigenvalue weighted by atomic mass is 10.1. The predicted octanol–water partition coefficient (Wildman–Crippen LogP) is 3.34. The first kappa shape index (κ1) is 17.4. The number of likely N-dealkylation sites (tertiary alicyclic amines) is 1. The lowest BCUT2D eigenvalue weighted by molar-refractivity contribution is 0.0593. The maximum Gasteiger partial charge on any atom is 0.257 e. The molecule has 0 bridgehead atoms. The molecule has 0 N–H and O–H groups in total. The molecule has 1 fully saturated rings. The maximum atomic E-state index is 12.7. The summed E-state index contributed by atoms with van der Waals surface area (Å²) >= 11 is 0. The Morgan fingerprint density at radius 3 is 2.68 bits per heavy atom. The predicted molar refractivity (Wildman–Crippen MR) is 96.9 cm³/mol. The van der Waals surface area contributed by atoms with Crippen molar-refractivity contribution >= 4 is 5.91 Å². The lowest BCUT2D eigenvalue weighted by Gasteiger charge is -2.32. The number of benzene rings is 1. The first-order valence-electron chi connectivity index (χ1n) is 8.90. The quantitative estimate of drug-likeness (QED) is 0.857. The molecular formula is C20H25N3O2. The number of piperidine rings is 1. The molecule has 1 aromatic heterocycles. The first-order chi connectivity index (χ1) is 12.1. The number of carbonyl (C=O) groups is 1. The van der Waals surface area contributed by atoms with Gasteiger partial charge in [0, 0.05) is 32.1 Å². The van der Waals surface area contributed by atoms with Gasteiger partial charge < -0.3 is 9.64 Å². The van der Waals surface area contributed by atoms with Crippen LogP contribution in [0.4, 0.5) is 0 Å². The van der Waals surface area contributed by atoms with Crippen LogP contribution in [0.25, 0.3) is 0 Å². The molecule has 0 radical (unpaired) electrons. The molecule has 5 nitrogen and oxygen atoms in total. The van der Waals surface area contributed by atoms with E-state index in [1.54, 1.807) is 6.20 Å². The van der Waals surface area contributed by atoms with E-state index in [1.807, 2.05) is 17.9 Å². The molecule has 2 aromatic rings. The van der Waals surface area contributed by atoms with Gasteiger partial charge in [-0.15, -0.1) is 0 Å². The van der Waals surface area contributed by atoms with Crippen LogP contribution in [0.3, 0.4) is 0 Å². The van der Waals surface area contributed by atoms with Crippen molar-refractivity contribution in [1.82, 2.24) is 14.9 Å². The Bertz CT molecular complexity index is 752. The summed E-state index contributed by atoms with van der Waals surface area (Å²) in [5.74, 6) is 0.944. The number of nitrogens with zero attached hydrogens (tertiary/aromatic N) is 3. The van der Waals surface area contributed by atoms with Gasteiger partial charge in [0.1, 0.15) is 18.2 Å². The van der Waals surface area contributed by atoms with Crippen LogP contribution in [-0.4, -0.2) is 40.0 Å². The highest BCUT2D eigenvalue weighted by molar-refractivity contribution is 5.95. The lowest BCUT2D eigenvalue weighted by Crippen LogP contribution is -2.42. The highest BCUT2D eigenvalue weighted by Crippen LogP contribution is 2.22. The molecule has 5 heteroatoms. The zero-order valence-electron chi connectivity index (χ0n) is 15.2. The second-order valence-corrected chi connectivity index (χ2v) is 6.59. The number of carbonyl (C=O) groups excluding carboxylic acids is 1. The topological polar surface area (TPSA) is 55.3 Å². The molecule has 1 saturated heterocycles. The van der Waals surface area contributed by atoms with Crippen molar-refractivity contribution in [2.75, 3.05) is 13.1 Å². The molecule has 0 spiro atoms. The van der Waals surface area contributed by atoms with Crippen LogP contribution in [-0.2, 0) is 6.42 Å². The van der Waals surface area contributed by atoms with Gasteiger partial charge in [0.15, 0.2) is 0 Å². The Morgan fingerprint density at radius 1 is 1.24 bits per heavy atom. The number of amides is 1. The Labute approximate surface area is 149 Å². The zero-order valence-corrected chi connectivity index (χ0v) is 15.2. The van der Waals surface area contributed by atoms with Crippen LogP contribution in [0.1, 0.15) is 46.9 Å². The van der Waals surface area contributed by atoms with Gasteiger partial charge in [0.25, 0.3) is 5.91 Å². The molecule has 132 valence electrons. The molecule has 3 rings (SSSR count). The van der Waals surface area contributed by atoms with Gasteiger partial charge in [-0.3, -0.25) is 4.79 Å². The van der Waals surface area contributed by atoms with Crippen molar-refractivity contribution in [3.05, 3.63) is 53.1 Å². The second kappa shape index (κ2) is 7.64. The van der Waals surface area contributed by atoms with Crippen molar-refractivity contribution in [3.63, 3.8) is 0 Å². The highest BCUT2D eigenvalue weighted by Gasteiger charge is 2.26. The summed E-state index contributed by atoms with van der Waals surface area (Å²) in [6, 6.07) is 6.20. The normalized spacial score (nSPS) is 15.2. The van der Waals surface area contributed by atoms with Crippen LogP contribution >= 0.6 is 0 Å². The fourth-order valence-corrected chi connectivity index (χ4v) is 3.14. The van der Waals surface area contributed by atoms with E-state index in [4.69, 9.17) is 4.74 Å². The van der Waals surface area contributed by atoms with Gasteiger partial charge in [0.2, 0.25) is 0 Å². The van der Waals surface area contributed by atoms with Gasteiger partial charge in [-0.2, -0.15) is 0 Å². The number of aryl methyl sites for hydroxylation is 3. The number of hydrogen-bond donors (Lipinski definition) is 0. The summed E-state index contributed by atoms with van der Waals surface area (Å²) in [5, 5.41) is 0. The van der Waals surface area contributed by atoms with Crippen LogP contribution in [0, 0.1) is 13.8 Å². The van der Waals surface area contributed by atoms with Gasteiger partial charge >= 0.3 is 0 Å². The van der Waals surface area contributed by atoms with Gasteiger partial charge in [-0.05, 0) is 43.5 Å². The van der Waals surface area contributed by atoms with Gasteiger partial charge in [0.05, 0.1) is 11.3 Å². The van der Waals surface area contributed by atoms with E-state index in [1.165, 1.54) is 17.5 Å². The third-order valence-corrected chi connectivity index (χ3v) is 4.87. The fourth-order valence-electron chi connectivity index (χ4n) is 3.14. The van der Waals surface area contributed by atoms with Crippen molar-refractivity contribution < 1.29 is 9.53 Å². The van der Waals surface area contributed by atoms with E-state index in [-0.39, 0.29) is 12.0 Å². The molecule has 1 aromatic carbocycles. The van der Waals surface area contributed by atoms with Gasteiger partial charge in [-0.25, -0.2) is 9.97 Å². The highest BCUT2D eigenvalue weighted by atomic mass is 16.5. The Morgan fingerprint density at radius 2 is 2.00 bits per heavy atom. The Kier molecular flexibility index (Phi) is 5.31. The van der Waals surface area contributed by atoms with E-state index in [9.17, 15) is 4.79 Å².